The second kappa shape index (κ2) is 5.13. The topological polar surface area (TPSA) is 37.8 Å². The summed E-state index contributed by atoms with van der Waals surface area (Å²) >= 11 is 3.54. The summed E-state index contributed by atoms with van der Waals surface area (Å²) < 4.78 is 1.00. The van der Waals surface area contributed by atoms with Crippen molar-refractivity contribution in [3.05, 3.63) is 16.0 Å². The fourth-order valence-electron chi connectivity index (χ4n) is 1.65. The number of rotatable bonds is 5. The second-order valence-electron chi connectivity index (χ2n) is 4.46. The zero-order valence-corrected chi connectivity index (χ0v) is 11.5. The highest BCUT2D eigenvalue weighted by Crippen LogP contribution is 2.32. The minimum atomic E-state index is 0.833. The summed E-state index contributed by atoms with van der Waals surface area (Å²) in [5, 5.41) is 3.34. The van der Waals surface area contributed by atoms with Crippen molar-refractivity contribution in [3.63, 3.8) is 0 Å². The maximum absolute atomic E-state index is 4.58. The SMILES string of the molecule is CCCNc1nc(CC2CC2)nc(C)c1Br. The highest BCUT2D eigenvalue weighted by molar-refractivity contribution is 9.10. The van der Waals surface area contributed by atoms with Crippen molar-refractivity contribution in [2.75, 3.05) is 11.9 Å². The molecule has 88 valence electrons. The lowest BCUT2D eigenvalue weighted by molar-refractivity contribution is 0.761. The Bertz CT molecular complexity index is 375. The number of aromatic nitrogens is 2. The standard InChI is InChI=1S/C12H18BrN3/c1-3-6-14-12-11(13)8(2)15-10(16-12)7-9-4-5-9/h9H,3-7H2,1-2H3,(H,14,15,16). The van der Waals surface area contributed by atoms with E-state index in [0.29, 0.717) is 0 Å². The van der Waals surface area contributed by atoms with Gasteiger partial charge < -0.3 is 5.32 Å². The Labute approximate surface area is 105 Å². The fourth-order valence-corrected chi connectivity index (χ4v) is 1.97. The van der Waals surface area contributed by atoms with E-state index in [1.807, 2.05) is 6.92 Å². The molecule has 0 unspecified atom stereocenters. The van der Waals surface area contributed by atoms with Gasteiger partial charge in [-0.25, -0.2) is 9.97 Å². The van der Waals surface area contributed by atoms with Gasteiger partial charge in [0.15, 0.2) is 0 Å². The number of nitrogens with zero attached hydrogens (tertiary/aromatic N) is 2. The predicted molar refractivity (Wildman–Crippen MR) is 69.7 cm³/mol. The van der Waals surface area contributed by atoms with E-state index in [2.05, 4.69) is 38.1 Å². The van der Waals surface area contributed by atoms with Gasteiger partial charge in [-0.05, 0) is 48.0 Å². The van der Waals surface area contributed by atoms with Crippen LogP contribution in [0.2, 0.25) is 0 Å². The first kappa shape index (κ1) is 11.8. The van der Waals surface area contributed by atoms with Gasteiger partial charge in [-0.15, -0.1) is 0 Å². The molecule has 1 fully saturated rings. The van der Waals surface area contributed by atoms with Gasteiger partial charge in [0.1, 0.15) is 11.6 Å². The maximum Gasteiger partial charge on any atom is 0.144 e. The van der Waals surface area contributed by atoms with Crippen LogP contribution >= 0.6 is 15.9 Å². The fraction of sp³-hybridized carbons (Fsp3) is 0.667. The van der Waals surface area contributed by atoms with Gasteiger partial charge in [0, 0.05) is 13.0 Å². The summed E-state index contributed by atoms with van der Waals surface area (Å²) in [6.07, 6.45) is 4.83. The van der Waals surface area contributed by atoms with Crippen molar-refractivity contribution in [2.24, 2.45) is 5.92 Å². The first-order valence-electron chi connectivity index (χ1n) is 5.97. The molecule has 0 atom stereocenters. The Hall–Kier alpha value is -0.640. The third-order valence-corrected chi connectivity index (χ3v) is 3.72. The monoisotopic (exact) mass is 283 g/mol. The van der Waals surface area contributed by atoms with Crippen LogP contribution in [0.4, 0.5) is 5.82 Å². The molecule has 0 spiro atoms. The van der Waals surface area contributed by atoms with Crippen LogP contribution in [-0.2, 0) is 6.42 Å². The molecule has 1 aliphatic rings. The summed E-state index contributed by atoms with van der Waals surface area (Å²) in [5.41, 5.74) is 1.03. The first-order chi connectivity index (χ1) is 7.70. The largest absolute Gasteiger partial charge is 0.369 e. The Morgan fingerprint density at radius 2 is 2.12 bits per heavy atom. The summed E-state index contributed by atoms with van der Waals surface area (Å²) in [5.74, 6) is 2.77. The molecule has 0 radical (unpaired) electrons. The number of hydrogen-bond donors (Lipinski definition) is 1. The lowest BCUT2D eigenvalue weighted by atomic mass is 10.2. The van der Waals surface area contributed by atoms with E-state index in [-0.39, 0.29) is 0 Å². The minimum absolute atomic E-state index is 0.833. The molecule has 1 aromatic heterocycles. The van der Waals surface area contributed by atoms with Gasteiger partial charge in [0.25, 0.3) is 0 Å². The van der Waals surface area contributed by atoms with E-state index in [4.69, 9.17) is 0 Å². The molecule has 1 saturated carbocycles. The van der Waals surface area contributed by atoms with Gasteiger partial charge in [-0.1, -0.05) is 6.92 Å². The Balaban J connectivity index is 2.16. The molecule has 0 saturated heterocycles. The lowest BCUT2D eigenvalue weighted by Crippen LogP contribution is -2.08. The molecule has 1 N–H and O–H groups in total. The molecule has 2 rings (SSSR count). The van der Waals surface area contributed by atoms with Gasteiger partial charge in [0.2, 0.25) is 0 Å². The smallest absolute Gasteiger partial charge is 0.144 e. The zero-order chi connectivity index (χ0) is 11.5. The van der Waals surface area contributed by atoms with Crippen molar-refractivity contribution < 1.29 is 0 Å². The van der Waals surface area contributed by atoms with E-state index < -0.39 is 0 Å². The Morgan fingerprint density at radius 1 is 1.38 bits per heavy atom. The normalized spacial score (nSPS) is 15.2. The van der Waals surface area contributed by atoms with Crippen LogP contribution in [-0.4, -0.2) is 16.5 Å². The van der Waals surface area contributed by atoms with Gasteiger partial charge in [0.05, 0.1) is 10.2 Å². The zero-order valence-electron chi connectivity index (χ0n) is 9.89. The summed E-state index contributed by atoms with van der Waals surface area (Å²) in [4.78, 5) is 9.11. The first-order valence-corrected chi connectivity index (χ1v) is 6.77. The molecule has 16 heavy (non-hydrogen) atoms. The molecule has 0 aromatic carbocycles. The lowest BCUT2D eigenvalue weighted by Gasteiger charge is -2.10. The van der Waals surface area contributed by atoms with Crippen molar-refractivity contribution in [3.8, 4) is 0 Å². The van der Waals surface area contributed by atoms with E-state index in [0.717, 1.165) is 47.1 Å². The van der Waals surface area contributed by atoms with Crippen LogP contribution in [0.15, 0.2) is 4.47 Å². The summed E-state index contributed by atoms with van der Waals surface area (Å²) in [6, 6.07) is 0. The molecule has 0 amide bonds. The molecule has 0 bridgehead atoms. The van der Waals surface area contributed by atoms with Crippen molar-refractivity contribution in [1.29, 1.82) is 0 Å². The summed E-state index contributed by atoms with van der Waals surface area (Å²) in [7, 11) is 0. The number of halogens is 1. The highest BCUT2D eigenvalue weighted by Gasteiger charge is 2.23. The van der Waals surface area contributed by atoms with Crippen LogP contribution < -0.4 is 5.32 Å². The van der Waals surface area contributed by atoms with Gasteiger partial charge in [-0.3, -0.25) is 0 Å². The highest BCUT2D eigenvalue weighted by atomic mass is 79.9. The van der Waals surface area contributed by atoms with Crippen molar-refractivity contribution in [2.45, 2.75) is 39.5 Å². The molecular weight excluding hydrogens is 266 g/mol. The molecule has 1 heterocycles. The van der Waals surface area contributed by atoms with Gasteiger partial charge >= 0.3 is 0 Å². The number of aryl methyl sites for hydroxylation is 1. The minimum Gasteiger partial charge on any atom is -0.369 e. The van der Waals surface area contributed by atoms with Crippen molar-refractivity contribution in [1.82, 2.24) is 9.97 Å². The molecule has 0 aliphatic heterocycles. The van der Waals surface area contributed by atoms with Gasteiger partial charge in [-0.2, -0.15) is 0 Å². The molecule has 1 aliphatic carbocycles. The maximum atomic E-state index is 4.58. The molecular formula is C12H18BrN3. The molecule has 1 aromatic rings. The summed E-state index contributed by atoms with van der Waals surface area (Å²) in [6.45, 7) is 5.14. The third kappa shape index (κ3) is 2.94. The Kier molecular flexibility index (Phi) is 3.79. The van der Waals surface area contributed by atoms with E-state index in [1.165, 1.54) is 12.8 Å². The number of hydrogen-bond acceptors (Lipinski definition) is 3. The molecule has 3 nitrogen and oxygen atoms in total. The van der Waals surface area contributed by atoms with E-state index in [1.54, 1.807) is 0 Å². The van der Waals surface area contributed by atoms with Crippen LogP contribution in [0.25, 0.3) is 0 Å². The van der Waals surface area contributed by atoms with E-state index in [9.17, 15) is 0 Å². The van der Waals surface area contributed by atoms with Crippen molar-refractivity contribution >= 4 is 21.7 Å². The Morgan fingerprint density at radius 3 is 2.75 bits per heavy atom. The predicted octanol–water partition coefficient (Wildman–Crippen LogP) is 3.32. The van der Waals surface area contributed by atoms with Crippen LogP contribution in [0.3, 0.4) is 0 Å². The average molecular weight is 284 g/mol. The molecule has 4 heteroatoms. The second-order valence-corrected chi connectivity index (χ2v) is 5.26. The quantitative estimate of drug-likeness (QED) is 0.901. The third-order valence-electron chi connectivity index (χ3n) is 2.77. The number of nitrogens with one attached hydrogen (secondary N) is 1. The van der Waals surface area contributed by atoms with Crippen LogP contribution in [0, 0.1) is 12.8 Å². The van der Waals surface area contributed by atoms with E-state index >= 15 is 0 Å². The van der Waals surface area contributed by atoms with Crippen LogP contribution in [0.1, 0.15) is 37.7 Å². The number of anilines is 1. The average Bonchev–Trinajstić information content (AvgIpc) is 3.05. The van der Waals surface area contributed by atoms with Crippen LogP contribution in [0.5, 0.6) is 0 Å².